The van der Waals surface area contributed by atoms with E-state index < -0.39 is 0 Å². The summed E-state index contributed by atoms with van der Waals surface area (Å²) < 4.78 is 0.725. The van der Waals surface area contributed by atoms with Gasteiger partial charge in [-0.15, -0.1) is 11.6 Å². The molecule has 3 nitrogen and oxygen atoms in total. The van der Waals surface area contributed by atoms with Gasteiger partial charge in [-0.3, -0.25) is 4.79 Å². The third-order valence-corrected chi connectivity index (χ3v) is 3.26. The Morgan fingerprint density at radius 2 is 2.31 bits per heavy atom. The van der Waals surface area contributed by atoms with Crippen LogP contribution >= 0.6 is 34.2 Å². The normalized spacial score (nSPS) is 12.2. The van der Waals surface area contributed by atoms with E-state index in [4.69, 9.17) is 11.6 Å². The molecule has 0 aromatic heterocycles. The second-order valence-electron chi connectivity index (χ2n) is 3.52. The summed E-state index contributed by atoms with van der Waals surface area (Å²) >= 11 is 7.58. The van der Waals surface area contributed by atoms with E-state index in [1.54, 1.807) is 12.1 Å². The molecule has 1 atom stereocenters. The van der Waals surface area contributed by atoms with E-state index in [0.717, 1.165) is 9.99 Å². The smallest absolute Gasteiger partial charge is 0.251 e. The topological polar surface area (TPSA) is 49.3 Å². The van der Waals surface area contributed by atoms with E-state index in [2.05, 4.69) is 5.32 Å². The van der Waals surface area contributed by atoms with Crippen molar-refractivity contribution in [3.63, 3.8) is 0 Å². The molecule has 0 saturated heterocycles. The Hall–Kier alpha value is -0.490. The van der Waals surface area contributed by atoms with Crippen LogP contribution in [0.25, 0.3) is 0 Å². The van der Waals surface area contributed by atoms with E-state index in [1.165, 1.54) is 6.07 Å². The second-order valence-corrected chi connectivity index (χ2v) is 5.06. The molecule has 0 aliphatic rings. The van der Waals surface area contributed by atoms with Gasteiger partial charge in [0.1, 0.15) is 5.75 Å². The molecule has 0 spiro atoms. The molecule has 0 aliphatic heterocycles. The average Bonchev–Trinajstić information content (AvgIpc) is 2.22. The molecule has 0 heterocycles. The maximum Gasteiger partial charge on any atom is 0.251 e. The van der Waals surface area contributed by atoms with Crippen LogP contribution in [0.1, 0.15) is 23.7 Å². The number of hydrogen-bond donors (Lipinski definition) is 2. The molecule has 1 rings (SSSR count). The van der Waals surface area contributed by atoms with Crippen molar-refractivity contribution in [3.05, 3.63) is 27.3 Å². The zero-order valence-corrected chi connectivity index (χ0v) is 11.7. The Morgan fingerprint density at radius 3 is 2.88 bits per heavy atom. The molecule has 1 amide bonds. The lowest BCUT2D eigenvalue weighted by atomic mass is 10.2. The summed E-state index contributed by atoms with van der Waals surface area (Å²) in [5.41, 5.74) is 0.458. The monoisotopic (exact) mass is 353 g/mol. The number of halogens is 2. The summed E-state index contributed by atoms with van der Waals surface area (Å²) in [7, 11) is 0. The van der Waals surface area contributed by atoms with Crippen LogP contribution in [0, 0.1) is 3.57 Å². The van der Waals surface area contributed by atoms with Crippen LogP contribution in [0.4, 0.5) is 0 Å². The number of amides is 1. The van der Waals surface area contributed by atoms with Gasteiger partial charge in [0.15, 0.2) is 0 Å². The van der Waals surface area contributed by atoms with Crippen molar-refractivity contribution in [2.24, 2.45) is 0 Å². The highest BCUT2D eigenvalue weighted by atomic mass is 127. The molecule has 1 unspecified atom stereocenters. The summed E-state index contributed by atoms with van der Waals surface area (Å²) in [5.74, 6) is 0.446. The number of benzene rings is 1. The quantitative estimate of drug-likeness (QED) is 0.646. The lowest BCUT2D eigenvalue weighted by Crippen LogP contribution is -2.32. The number of nitrogens with one attached hydrogen (secondary N) is 1. The molecule has 0 fully saturated rings. The zero-order chi connectivity index (χ0) is 12.1. The molecular weight excluding hydrogens is 340 g/mol. The van der Waals surface area contributed by atoms with Gasteiger partial charge in [0.2, 0.25) is 0 Å². The molecule has 88 valence electrons. The average molecular weight is 354 g/mol. The van der Waals surface area contributed by atoms with E-state index in [0.29, 0.717) is 11.4 Å². The summed E-state index contributed by atoms with van der Waals surface area (Å²) in [5, 5.41) is 12.3. The second kappa shape index (κ2) is 6.30. The summed E-state index contributed by atoms with van der Waals surface area (Å²) in [4.78, 5) is 11.7. The largest absolute Gasteiger partial charge is 0.507 e. The molecule has 5 heteroatoms. The molecule has 1 aromatic carbocycles. The van der Waals surface area contributed by atoms with Crippen molar-refractivity contribution in [1.82, 2.24) is 5.32 Å². The first-order valence-electron chi connectivity index (χ1n) is 4.90. The van der Waals surface area contributed by atoms with Gasteiger partial charge in [0.25, 0.3) is 5.91 Å². The fourth-order valence-electron chi connectivity index (χ4n) is 1.20. The maximum absolute atomic E-state index is 11.7. The van der Waals surface area contributed by atoms with Gasteiger partial charge in [-0.1, -0.05) is 0 Å². The number of hydrogen-bond acceptors (Lipinski definition) is 2. The Kier molecular flexibility index (Phi) is 5.34. The molecule has 1 aromatic rings. The van der Waals surface area contributed by atoms with Crippen LogP contribution in [0.2, 0.25) is 0 Å². The van der Waals surface area contributed by atoms with Crippen LogP contribution in [0.15, 0.2) is 18.2 Å². The van der Waals surface area contributed by atoms with Gasteiger partial charge in [-0.05, 0) is 54.1 Å². The number of carbonyl (C=O) groups excluding carboxylic acids is 1. The highest BCUT2D eigenvalue weighted by Gasteiger charge is 2.10. The van der Waals surface area contributed by atoms with Crippen LogP contribution in [-0.2, 0) is 0 Å². The SMILES string of the molecule is CC(CCCl)NC(=O)c1ccc(I)c(O)c1. The van der Waals surface area contributed by atoms with E-state index in [-0.39, 0.29) is 17.7 Å². The van der Waals surface area contributed by atoms with E-state index in [1.807, 2.05) is 29.5 Å². The van der Waals surface area contributed by atoms with Crippen molar-refractivity contribution in [1.29, 1.82) is 0 Å². The molecule has 0 radical (unpaired) electrons. The first kappa shape index (κ1) is 13.6. The fourth-order valence-corrected chi connectivity index (χ4v) is 1.86. The Balaban J connectivity index is 2.69. The third kappa shape index (κ3) is 3.83. The minimum absolute atomic E-state index is 0.0337. The van der Waals surface area contributed by atoms with E-state index >= 15 is 0 Å². The number of aromatic hydroxyl groups is 1. The highest BCUT2D eigenvalue weighted by Crippen LogP contribution is 2.20. The number of carbonyl (C=O) groups is 1. The minimum Gasteiger partial charge on any atom is -0.507 e. The standard InChI is InChI=1S/C11H13ClINO2/c1-7(4-5-12)14-11(16)8-2-3-9(13)10(15)6-8/h2-3,6-7,15H,4-5H2,1H3,(H,14,16). The predicted octanol–water partition coefficient (Wildman–Crippen LogP) is 2.74. The highest BCUT2D eigenvalue weighted by molar-refractivity contribution is 14.1. The Labute approximate surface area is 113 Å². The van der Waals surface area contributed by atoms with Crippen LogP contribution in [0.5, 0.6) is 5.75 Å². The lowest BCUT2D eigenvalue weighted by Gasteiger charge is -2.12. The van der Waals surface area contributed by atoms with Crippen molar-refractivity contribution in [2.45, 2.75) is 19.4 Å². The van der Waals surface area contributed by atoms with Gasteiger partial charge in [0.05, 0.1) is 3.57 Å². The van der Waals surface area contributed by atoms with Crippen LogP contribution in [-0.4, -0.2) is 22.9 Å². The van der Waals surface area contributed by atoms with Crippen molar-refractivity contribution >= 4 is 40.1 Å². The molecular formula is C11H13ClINO2. The minimum atomic E-state index is -0.190. The molecule has 0 saturated carbocycles. The number of rotatable bonds is 4. The zero-order valence-electron chi connectivity index (χ0n) is 8.84. The van der Waals surface area contributed by atoms with Gasteiger partial charge >= 0.3 is 0 Å². The molecule has 16 heavy (non-hydrogen) atoms. The molecule has 0 bridgehead atoms. The summed E-state index contributed by atoms with van der Waals surface area (Å²) in [6.07, 6.45) is 0.726. The Morgan fingerprint density at radius 1 is 1.62 bits per heavy atom. The number of phenolic OH excluding ortho intramolecular Hbond substituents is 1. The van der Waals surface area contributed by atoms with Crippen LogP contribution in [0.3, 0.4) is 0 Å². The van der Waals surface area contributed by atoms with Crippen LogP contribution < -0.4 is 5.32 Å². The molecule has 2 N–H and O–H groups in total. The molecule has 0 aliphatic carbocycles. The van der Waals surface area contributed by atoms with Crippen molar-refractivity contribution in [2.75, 3.05) is 5.88 Å². The van der Waals surface area contributed by atoms with Crippen molar-refractivity contribution in [3.8, 4) is 5.75 Å². The van der Waals surface area contributed by atoms with Gasteiger partial charge in [0, 0.05) is 17.5 Å². The fraction of sp³-hybridized carbons (Fsp3) is 0.364. The predicted molar refractivity (Wildman–Crippen MR) is 73.1 cm³/mol. The number of phenols is 1. The van der Waals surface area contributed by atoms with Gasteiger partial charge in [-0.25, -0.2) is 0 Å². The maximum atomic E-state index is 11.7. The first-order valence-corrected chi connectivity index (χ1v) is 6.51. The van der Waals surface area contributed by atoms with E-state index in [9.17, 15) is 9.90 Å². The summed E-state index contributed by atoms with van der Waals surface area (Å²) in [6.45, 7) is 1.90. The Bertz CT molecular complexity index is 384. The lowest BCUT2D eigenvalue weighted by molar-refractivity contribution is 0.0939. The third-order valence-electron chi connectivity index (χ3n) is 2.13. The van der Waals surface area contributed by atoms with Gasteiger partial charge < -0.3 is 10.4 Å². The number of alkyl halides is 1. The first-order chi connectivity index (χ1) is 7.54. The van der Waals surface area contributed by atoms with Crippen molar-refractivity contribution < 1.29 is 9.90 Å². The van der Waals surface area contributed by atoms with Gasteiger partial charge in [-0.2, -0.15) is 0 Å². The summed E-state index contributed by atoms with van der Waals surface area (Å²) in [6, 6.07) is 4.89.